The van der Waals surface area contributed by atoms with Gasteiger partial charge >= 0.3 is 0 Å². The van der Waals surface area contributed by atoms with E-state index in [4.69, 9.17) is 0 Å². The molecular weight excluding hydrogens is 410 g/mol. The predicted molar refractivity (Wildman–Crippen MR) is 126 cm³/mol. The molecule has 0 saturated carbocycles. The third kappa shape index (κ3) is 7.24. The average molecular weight is 438 g/mol. The largest absolute Gasteiger partial charge is 0.322 e. The number of rotatable bonds is 9. The second kappa shape index (κ2) is 10.2. The number of sulfonamides is 1. The quantitative estimate of drug-likeness (QED) is 0.468. The van der Waals surface area contributed by atoms with Gasteiger partial charge in [-0.05, 0) is 47.4 Å². The molecule has 0 aromatic heterocycles. The van der Waals surface area contributed by atoms with E-state index in [1.807, 2.05) is 36.4 Å². The summed E-state index contributed by atoms with van der Waals surface area (Å²) in [5.41, 5.74) is 3.46. The molecular formula is C24H27N3O3S. The molecule has 3 N–H and O–H groups in total. The molecule has 6 nitrogen and oxygen atoms in total. The highest BCUT2D eigenvalue weighted by molar-refractivity contribution is 7.92. The molecule has 1 unspecified atom stereocenters. The molecule has 0 aliphatic carbocycles. The van der Waals surface area contributed by atoms with Gasteiger partial charge in [0.1, 0.15) is 0 Å². The number of carbonyl (C=O) groups excluding carboxylic acids is 1. The van der Waals surface area contributed by atoms with Crippen molar-refractivity contribution in [2.24, 2.45) is 0 Å². The first kappa shape index (κ1) is 22.5. The van der Waals surface area contributed by atoms with Gasteiger partial charge in [0.15, 0.2) is 0 Å². The molecule has 1 atom stereocenters. The number of para-hydroxylation sites is 1. The minimum atomic E-state index is -3.47. The summed E-state index contributed by atoms with van der Waals surface area (Å²) in [4.78, 5) is 12.7. The Bertz CT molecular complexity index is 1120. The lowest BCUT2D eigenvalue weighted by Gasteiger charge is -2.15. The van der Waals surface area contributed by atoms with Crippen LogP contribution in [0.15, 0.2) is 78.9 Å². The lowest BCUT2D eigenvalue weighted by atomic mass is 10.0. The van der Waals surface area contributed by atoms with Crippen molar-refractivity contribution in [2.45, 2.75) is 19.4 Å². The zero-order chi connectivity index (χ0) is 22.3. The zero-order valence-electron chi connectivity index (χ0n) is 17.6. The van der Waals surface area contributed by atoms with E-state index in [1.54, 1.807) is 24.3 Å². The van der Waals surface area contributed by atoms with Crippen LogP contribution in [0, 0.1) is 0 Å². The van der Waals surface area contributed by atoms with Gasteiger partial charge in [-0.25, -0.2) is 8.42 Å². The van der Waals surface area contributed by atoms with Crippen LogP contribution in [-0.2, 0) is 16.6 Å². The Morgan fingerprint density at radius 3 is 2.19 bits per heavy atom. The summed E-state index contributed by atoms with van der Waals surface area (Å²) in [6.07, 6.45) is 1.09. The van der Waals surface area contributed by atoms with Gasteiger partial charge in [-0.2, -0.15) is 0 Å². The number of anilines is 2. The van der Waals surface area contributed by atoms with E-state index in [0.29, 0.717) is 29.4 Å². The smallest absolute Gasteiger partial charge is 0.255 e. The molecule has 31 heavy (non-hydrogen) atoms. The second-order valence-corrected chi connectivity index (χ2v) is 9.30. The molecule has 0 bridgehead atoms. The van der Waals surface area contributed by atoms with E-state index < -0.39 is 10.0 Å². The fourth-order valence-corrected chi connectivity index (χ4v) is 3.80. The number of nitrogens with one attached hydrogen (secondary N) is 3. The Balaban J connectivity index is 1.74. The highest BCUT2D eigenvalue weighted by Gasteiger charge is 2.12. The van der Waals surface area contributed by atoms with Crippen molar-refractivity contribution in [3.8, 4) is 0 Å². The summed E-state index contributed by atoms with van der Waals surface area (Å²) in [5, 5.41) is 6.23. The van der Waals surface area contributed by atoms with Crippen LogP contribution in [0.4, 0.5) is 11.4 Å². The number of hydrogen-bond acceptors (Lipinski definition) is 4. The first-order chi connectivity index (χ1) is 14.8. The van der Waals surface area contributed by atoms with Crippen LogP contribution in [-0.4, -0.2) is 27.1 Å². The maximum absolute atomic E-state index is 12.7. The molecule has 0 saturated heterocycles. The first-order valence-electron chi connectivity index (χ1n) is 10.0. The van der Waals surface area contributed by atoms with Gasteiger partial charge < -0.3 is 10.6 Å². The van der Waals surface area contributed by atoms with Crippen molar-refractivity contribution in [3.63, 3.8) is 0 Å². The summed E-state index contributed by atoms with van der Waals surface area (Å²) in [6, 6.07) is 24.4. The van der Waals surface area contributed by atoms with E-state index in [1.165, 1.54) is 11.6 Å². The summed E-state index contributed by atoms with van der Waals surface area (Å²) >= 11 is 0. The van der Waals surface area contributed by atoms with Gasteiger partial charge in [0, 0.05) is 30.0 Å². The van der Waals surface area contributed by atoms with Crippen molar-refractivity contribution in [3.05, 3.63) is 95.6 Å². The molecule has 3 rings (SSSR count). The fraction of sp³-hybridized carbons (Fsp3) is 0.208. The van der Waals surface area contributed by atoms with Crippen molar-refractivity contribution in [1.82, 2.24) is 5.32 Å². The lowest BCUT2D eigenvalue weighted by molar-refractivity contribution is 0.102. The molecule has 0 fully saturated rings. The van der Waals surface area contributed by atoms with Gasteiger partial charge in [0.05, 0.1) is 6.26 Å². The van der Waals surface area contributed by atoms with Crippen LogP contribution in [0.3, 0.4) is 0 Å². The lowest BCUT2D eigenvalue weighted by Crippen LogP contribution is -2.20. The maximum atomic E-state index is 12.7. The third-order valence-corrected chi connectivity index (χ3v) is 5.34. The number of hydrogen-bond donors (Lipinski definition) is 3. The number of carbonyl (C=O) groups is 1. The summed E-state index contributed by atoms with van der Waals surface area (Å²) in [7, 11) is -3.47. The minimum Gasteiger partial charge on any atom is -0.322 e. The SMILES string of the molecule is CC(CNCc1cc(NS(C)(=O)=O)cc(C(=O)Nc2ccccc2)c1)c1ccccc1. The van der Waals surface area contributed by atoms with Crippen molar-refractivity contribution >= 4 is 27.3 Å². The molecule has 1 amide bonds. The highest BCUT2D eigenvalue weighted by atomic mass is 32.2. The number of amides is 1. The van der Waals surface area contributed by atoms with Crippen LogP contribution in [0.1, 0.15) is 34.3 Å². The minimum absolute atomic E-state index is 0.303. The molecule has 7 heteroatoms. The van der Waals surface area contributed by atoms with Crippen LogP contribution >= 0.6 is 0 Å². The van der Waals surface area contributed by atoms with Crippen LogP contribution in [0.25, 0.3) is 0 Å². The molecule has 3 aromatic rings. The molecule has 3 aromatic carbocycles. The van der Waals surface area contributed by atoms with Crippen molar-refractivity contribution in [2.75, 3.05) is 22.8 Å². The van der Waals surface area contributed by atoms with Crippen LogP contribution in [0.2, 0.25) is 0 Å². The first-order valence-corrected chi connectivity index (χ1v) is 11.9. The fourth-order valence-electron chi connectivity index (χ4n) is 3.26. The summed E-state index contributed by atoms with van der Waals surface area (Å²) in [5.74, 6) is 0.0154. The van der Waals surface area contributed by atoms with E-state index in [2.05, 4.69) is 34.4 Å². The van der Waals surface area contributed by atoms with Crippen LogP contribution < -0.4 is 15.4 Å². The standard InChI is InChI=1S/C24H27N3O3S/c1-18(20-9-5-3-6-10-20)16-25-17-19-13-21(15-23(14-19)27-31(2,29)30)24(28)26-22-11-7-4-8-12-22/h3-15,18,25,27H,16-17H2,1-2H3,(H,26,28). The molecule has 162 valence electrons. The van der Waals surface area contributed by atoms with Gasteiger partial charge in [-0.1, -0.05) is 55.5 Å². The summed E-state index contributed by atoms with van der Waals surface area (Å²) < 4.78 is 25.9. The Morgan fingerprint density at radius 1 is 0.903 bits per heavy atom. The Labute approximate surface area is 183 Å². The van der Waals surface area contributed by atoms with E-state index in [-0.39, 0.29) is 5.91 Å². The van der Waals surface area contributed by atoms with Crippen molar-refractivity contribution < 1.29 is 13.2 Å². The predicted octanol–water partition coefficient (Wildman–Crippen LogP) is 4.20. The zero-order valence-corrected chi connectivity index (χ0v) is 18.4. The Kier molecular flexibility index (Phi) is 7.44. The maximum Gasteiger partial charge on any atom is 0.255 e. The number of benzene rings is 3. The Hall–Kier alpha value is -3.16. The third-order valence-electron chi connectivity index (χ3n) is 4.74. The van der Waals surface area contributed by atoms with Gasteiger partial charge in [-0.3, -0.25) is 9.52 Å². The van der Waals surface area contributed by atoms with Gasteiger partial charge in [0.2, 0.25) is 10.0 Å². The van der Waals surface area contributed by atoms with Gasteiger partial charge in [-0.15, -0.1) is 0 Å². The molecule has 0 spiro atoms. The Morgan fingerprint density at radius 2 is 1.55 bits per heavy atom. The van der Waals surface area contributed by atoms with E-state index >= 15 is 0 Å². The monoisotopic (exact) mass is 437 g/mol. The van der Waals surface area contributed by atoms with E-state index in [0.717, 1.165) is 18.4 Å². The van der Waals surface area contributed by atoms with Gasteiger partial charge in [0.25, 0.3) is 5.91 Å². The molecule has 0 radical (unpaired) electrons. The molecule has 0 aliphatic rings. The van der Waals surface area contributed by atoms with E-state index in [9.17, 15) is 13.2 Å². The summed E-state index contributed by atoms with van der Waals surface area (Å²) in [6.45, 7) is 3.39. The molecule has 0 heterocycles. The highest BCUT2D eigenvalue weighted by Crippen LogP contribution is 2.19. The topological polar surface area (TPSA) is 87.3 Å². The van der Waals surface area contributed by atoms with Crippen LogP contribution in [0.5, 0.6) is 0 Å². The van der Waals surface area contributed by atoms with Crippen molar-refractivity contribution in [1.29, 1.82) is 0 Å². The average Bonchev–Trinajstić information content (AvgIpc) is 2.73. The normalized spacial score (nSPS) is 12.2. The second-order valence-electron chi connectivity index (χ2n) is 7.56. The molecule has 0 aliphatic heterocycles.